The third kappa shape index (κ3) is 6.30. The summed E-state index contributed by atoms with van der Waals surface area (Å²) in [7, 11) is 1.66. The summed E-state index contributed by atoms with van der Waals surface area (Å²) in [5, 5.41) is 7.09. The largest absolute Gasteiger partial charge is 0.497 e. The average molecular weight is 519 g/mol. The highest BCUT2D eigenvalue weighted by Gasteiger charge is 2.12. The molecule has 0 bridgehead atoms. The number of carbonyl (C=O) groups is 1. The van der Waals surface area contributed by atoms with Gasteiger partial charge in [0.15, 0.2) is 0 Å². The molecule has 39 heavy (non-hydrogen) atoms. The van der Waals surface area contributed by atoms with Gasteiger partial charge in [-0.2, -0.15) is 0 Å². The molecule has 0 saturated carbocycles. The van der Waals surface area contributed by atoms with E-state index in [4.69, 9.17) is 4.74 Å². The Hall–Kier alpha value is -4.98. The third-order valence-electron chi connectivity index (χ3n) is 6.32. The predicted octanol–water partition coefficient (Wildman–Crippen LogP) is 5.69. The number of aliphatic imine (C=N–C) groups is 1. The van der Waals surface area contributed by atoms with Crippen LogP contribution in [0.2, 0.25) is 0 Å². The lowest BCUT2D eigenvalue weighted by Gasteiger charge is -2.12. The molecule has 2 heterocycles. The van der Waals surface area contributed by atoms with Gasteiger partial charge < -0.3 is 9.72 Å². The minimum Gasteiger partial charge on any atom is -0.497 e. The molecule has 0 aliphatic rings. The first kappa shape index (κ1) is 25.7. The van der Waals surface area contributed by atoms with Crippen molar-refractivity contribution >= 4 is 28.7 Å². The minimum absolute atomic E-state index is 0.276. The molecule has 3 N–H and O–H groups in total. The minimum atomic E-state index is -0.276. The molecule has 0 aliphatic heterocycles. The number of amides is 1. The summed E-state index contributed by atoms with van der Waals surface area (Å²) in [6, 6.07) is 25.3. The summed E-state index contributed by atoms with van der Waals surface area (Å²) in [5.41, 5.74) is 6.43. The monoisotopic (exact) mass is 518 g/mol. The van der Waals surface area contributed by atoms with E-state index >= 15 is 0 Å². The van der Waals surface area contributed by atoms with E-state index in [1.165, 1.54) is 0 Å². The maximum Gasteiger partial charge on any atom is 0.257 e. The Bertz CT molecular complexity index is 1600. The second kappa shape index (κ2) is 11.6. The zero-order valence-corrected chi connectivity index (χ0v) is 22.2. The van der Waals surface area contributed by atoms with Crippen molar-refractivity contribution in [1.82, 2.24) is 20.3 Å². The number of methoxy groups -OCH3 is 1. The number of nitrogens with one attached hydrogen (secondary N) is 3. The Labute approximate surface area is 227 Å². The van der Waals surface area contributed by atoms with Gasteiger partial charge in [-0.1, -0.05) is 42.5 Å². The summed E-state index contributed by atoms with van der Waals surface area (Å²) >= 11 is 0. The van der Waals surface area contributed by atoms with Crippen LogP contribution in [0.3, 0.4) is 0 Å². The van der Waals surface area contributed by atoms with Crippen molar-refractivity contribution in [3.8, 4) is 16.9 Å². The third-order valence-corrected chi connectivity index (χ3v) is 6.32. The van der Waals surface area contributed by atoms with Crippen molar-refractivity contribution in [2.24, 2.45) is 4.99 Å². The molecule has 8 heteroatoms. The van der Waals surface area contributed by atoms with Crippen LogP contribution in [0, 0.1) is 13.8 Å². The quantitative estimate of drug-likeness (QED) is 0.190. The molecule has 5 aromatic rings. The number of H-pyrrole nitrogens is 1. The first-order valence-electron chi connectivity index (χ1n) is 12.7. The number of guanidine groups is 1. The summed E-state index contributed by atoms with van der Waals surface area (Å²) in [6.45, 7) is 4.23. The maximum atomic E-state index is 13.2. The SMILES string of the molecule is COc1ccc2[nH]cc(CCN=C(NC(=O)c3ccc(-c4ccccc4)cc3)Nc3nc(C)cc(C)n3)c2c1. The topological polar surface area (TPSA) is 104 Å². The number of ether oxygens (including phenoxy) is 1. The van der Waals surface area contributed by atoms with Gasteiger partial charge in [-0.25, -0.2) is 9.97 Å². The number of fused-ring (bicyclic) bond motifs is 1. The zero-order valence-electron chi connectivity index (χ0n) is 22.2. The number of rotatable bonds is 7. The van der Waals surface area contributed by atoms with Gasteiger partial charge in [-0.3, -0.25) is 20.4 Å². The van der Waals surface area contributed by atoms with E-state index in [9.17, 15) is 4.79 Å². The number of aromatic amines is 1. The fraction of sp³-hybridized carbons (Fsp3) is 0.161. The van der Waals surface area contributed by atoms with E-state index < -0.39 is 0 Å². The number of aryl methyl sites for hydroxylation is 2. The summed E-state index contributed by atoms with van der Waals surface area (Å²) < 4.78 is 5.38. The van der Waals surface area contributed by atoms with E-state index in [-0.39, 0.29) is 11.9 Å². The molecule has 0 aliphatic carbocycles. The van der Waals surface area contributed by atoms with E-state index in [1.54, 1.807) is 7.11 Å². The molecule has 0 unspecified atom stereocenters. The van der Waals surface area contributed by atoms with E-state index in [2.05, 4.69) is 30.6 Å². The second-order valence-corrected chi connectivity index (χ2v) is 9.20. The molecule has 0 saturated heterocycles. The lowest BCUT2D eigenvalue weighted by atomic mass is 10.0. The van der Waals surface area contributed by atoms with Crippen LogP contribution in [0.15, 0.2) is 90.1 Å². The van der Waals surface area contributed by atoms with Crippen molar-refractivity contribution in [3.05, 3.63) is 108 Å². The highest BCUT2D eigenvalue weighted by molar-refractivity contribution is 6.09. The molecule has 5 rings (SSSR count). The van der Waals surface area contributed by atoms with Gasteiger partial charge in [-0.15, -0.1) is 0 Å². The van der Waals surface area contributed by atoms with Crippen molar-refractivity contribution in [2.75, 3.05) is 19.0 Å². The molecule has 8 nitrogen and oxygen atoms in total. The standard InChI is InChI=1S/C31H30N6O2/c1-20-17-21(2)35-31(34-20)37-30(32-16-15-25-19-33-28-14-13-26(39-3)18-27(25)28)36-29(38)24-11-9-23(10-12-24)22-7-5-4-6-8-22/h4-14,17-19,33H,15-16H2,1-3H3,(H2,32,34,35,36,37,38). The van der Waals surface area contributed by atoms with E-state index in [1.807, 2.05) is 98.9 Å². The molecule has 2 aromatic heterocycles. The molecule has 196 valence electrons. The zero-order chi connectivity index (χ0) is 27.2. The fourth-order valence-electron chi connectivity index (χ4n) is 4.40. The molecular weight excluding hydrogens is 488 g/mol. The van der Waals surface area contributed by atoms with Crippen LogP contribution in [-0.4, -0.2) is 40.5 Å². The summed E-state index contributed by atoms with van der Waals surface area (Å²) in [6.07, 6.45) is 2.64. The number of hydrogen-bond donors (Lipinski definition) is 3. The molecule has 3 aromatic carbocycles. The van der Waals surface area contributed by atoms with Crippen LogP contribution in [-0.2, 0) is 6.42 Å². The van der Waals surface area contributed by atoms with Crippen molar-refractivity contribution < 1.29 is 9.53 Å². The molecular formula is C31H30N6O2. The van der Waals surface area contributed by atoms with Gasteiger partial charge >= 0.3 is 0 Å². The van der Waals surface area contributed by atoms with Gasteiger partial charge in [-0.05, 0) is 73.4 Å². The summed E-state index contributed by atoms with van der Waals surface area (Å²) in [5.74, 6) is 1.19. The Balaban J connectivity index is 1.35. The second-order valence-electron chi connectivity index (χ2n) is 9.20. The lowest BCUT2D eigenvalue weighted by molar-refractivity contribution is 0.0977. The Morgan fingerprint density at radius 2 is 1.64 bits per heavy atom. The van der Waals surface area contributed by atoms with Crippen LogP contribution in [0.4, 0.5) is 5.95 Å². The van der Waals surface area contributed by atoms with Gasteiger partial charge in [0.05, 0.1) is 7.11 Å². The van der Waals surface area contributed by atoms with E-state index in [0.29, 0.717) is 24.5 Å². The Morgan fingerprint density at radius 1 is 0.923 bits per heavy atom. The number of benzene rings is 3. The molecule has 1 amide bonds. The normalized spacial score (nSPS) is 11.4. The fourth-order valence-corrected chi connectivity index (χ4v) is 4.40. The summed E-state index contributed by atoms with van der Waals surface area (Å²) in [4.78, 5) is 30.0. The number of hydrogen-bond acceptors (Lipinski definition) is 5. The molecule has 0 spiro atoms. The first-order valence-corrected chi connectivity index (χ1v) is 12.7. The van der Waals surface area contributed by atoms with Crippen LogP contribution in [0.1, 0.15) is 27.3 Å². The Morgan fingerprint density at radius 3 is 2.36 bits per heavy atom. The van der Waals surface area contributed by atoms with Gasteiger partial charge in [0.2, 0.25) is 11.9 Å². The molecule has 0 fully saturated rings. The first-order chi connectivity index (χ1) is 19.0. The van der Waals surface area contributed by atoms with Crippen molar-refractivity contribution in [1.29, 1.82) is 0 Å². The maximum absolute atomic E-state index is 13.2. The van der Waals surface area contributed by atoms with Gasteiger partial charge in [0.25, 0.3) is 5.91 Å². The van der Waals surface area contributed by atoms with Crippen LogP contribution in [0.25, 0.3) is 22.0 Å². The van der Waals surface area contributed by atoms with Gasteiger partial charge in [0, 0.05) is 40.6 Å². The van der Waals surface area contributed by atoms with Crippen molar-refractivity contribution in [3.63, 3.8) is 0 Å². The highest BCUT2D eigenvalue weighted by Crippen LogP contribution is 2.24. The smallest absolute Gasteiger partial charge is 0.257 e. The predicted molar refractivity (Wildman–Crippen MR) is 155 cm³/mol. The highest BCUT2D eigenvalue weighted by atomic mass is 16.5. The number of nitrogens with zero attached hydrogens (tertiary/aromatic N) is 3. The lowest BCUT2D eigenvalue weighted by Crippen LogP contribution is -2.37. The molecule has 0 atom stereocenters. The van der Waals surface area contributed by atoms with E-state index in [0.717, 1.165) is 44.7 Å². The Kier molecular flexibility index (Phi) is 7.63. The van der Waals surface area contributed by atoms with Crippen LogP contribution >= 0.6 is 0 Å². The van der Waals surface area contributed by atoms with Crippen LogP contribution < -0.4 is 15.4 Å². The van der Waals surface area contributed by atoms with Crippen molar-refractivity contribution in [2.45, 2.75) is 20.3 Å². The number of aromatic nitrogens is 3. The molecule has 0 radical (unpaired) electrons. The average Bonchev–Trinajstić information content (AvgIpc) is 3.35. The number of carbonyl (C=O) groups excluding carboxylic acids is 1. The number of anilines is 1. The van der Waals surface area contributed by atoms with Crippen LogP contribution in [0.5, 0.6) is 5.75 Å². The van der Waals surface area contributed by atoms with Gasteiger partial charge in [0.1, 0.15) is 5.75 Å².